The van der Waals surface area contributed by atoms with Crippen molar-refractivity contribution >= 4 is 31.0 Å². The molecule has 0 aliphatic rings. The van der Waals surface area contributed by atoms with Crippen LogP contribution in [0.3, 0.4) is 0 Å². The van der Waals surface area contributed by atoms with Crippen LogP contribution in [0.25, 0.3) is 0 Å². The molecule has 0 aliphatic carbocycles. The van der Waals surface area contributed by atoms with Crippen LogP contribution in [0, 0.1) is 0 Å². The van der Waals surface area contributed by atoms with Gasteiger partial charge in [0.1, 0.15) is 0 Å². The Labute approximate surface area is 80.5 Å². The van der Waals surface area contributed by atoms with Crippen molar-refractivity contribution in [3.05, 3.63) is 0 Å². The predicted octanol–water partition coefficient (Wildman–Crippen LogP) is 3.09. The molecule has 1 atom stereocenters. The molecule has 1 unspecified atom stereocenters. The highest BCUT2D eigenvalue weighted by Crippen LogP contribution is 2.13. The topological polar surface area (TPSA) is 9.23 Å². The molecule has 1 nitrogen and oxygen atoms in total. The first-order chi connectivity index (χ1) is 5.22. The fraction of sp³-hybridized carbons (Fsp3) is 1.00. The predicted molar refractivity (Wildman–Crippen MR) is 52.4 cm³/mol. The number of rotatable bonds is 6. The van der Waals surface area contributed by atoms with E-state index in [9.17, 15) is 0 Å². The third-order valence-corrected chi connectivity index (χ3v) is 4.76. The molecule has 0 heterocycles. The molecule has 0 N–H and O–H groups in total. The maximum Gasteiger partial charge on any atom is 0.341 e. The molecule has 0 fully saturated rings. The van der Waals surface area contributed by atoms with Gasteiger partial charge in [0.05, 0.1) is 5.00 Å². The molecule has 4 heteroatoms. The van der Waals surface area contributed by atoms with Gasteiger partial charge in [0.15, 0.2) is 0 Å². The Morgan fingerprint density at radius 3 is 2.45 bits per heavy atom. The van der Waals surface area contributed by atoms with Crippen LogP contribution in [0.5, 0.6) is 0 Å². The highest BCUT2D eigenvalue weighted by molar-refractivity contribution is 7.06. The molecule has 0 aromatic heterocycles. The number of hydrogen-bond acceptors (Lipinski definition) is 1. The zero-order chi connectivity index (χ0) is 8.69. The van der Waals surface area contributed by atoms with Gasteiger partial charge in [-0.15, -0.1) is 22.7 Å². The zero-order valence-corrected chi connectivity index (χ0v) is 9.58. The maximum absolute atomic E-state index is 5.96. The summed E-state index contributed by atoms with van der Waals surface area (Å²) in [6.07, 6.45) is 3.05. The Morgan fingerprint density at radius 1 is 1.36 bits per heavy atom. The molecule has 0 saturated carbocycles. The maximum atomic E-state index is 5.96. The van der Waals surface area contributed by atoms with Crippen LogP contribution in [0.15, 0.2) is 0 Å². The summed E-state index contributed by atoms with van der Waals surface area (Å²) in [7, 11) is -1.25. The Kier molecular flexibility index (Phi) is 7.92. The Balaban J connectivity index is 3.38. The number of hydrogen-bond donors (Lipinski definition) is 0. The Bertz CT molecular complexity index is 92.5. The highest BCUT2D eigenvalue weighted by Gasteiger charge is 2.20. The lowest BCUT2D eigenvalue weighted by molar-refractivity contribution is 0.327. The molecule has 11 heavy (non-hydrogen) atoms. The normalized spacial score (nSPS) is 13.9. The van der Waals surface area contributed by atoms with Gasteiger partial charge in [-0.2, -0.15) is 0 Å². The monoisotopic (exact) mass is 213 g/mol. The van der Waals surface area contributed by atoms with E-state index in [2.05, 4.69) is 13.8 Å². The van der Waals surface area contributed by atoms with Crippen molar-refractivity contribution in [2.24, 2.45) is 0 Å². The van der Waals surface area contributed by atoms with E-state index in [1.807, 2.05) is 0 Å². The van der Waals surface area contributed by atoms with E-state index in [1.165, 1.54) is 0 Å². The third-order valence-electron chi connectivity index (χ3n) is 1.23. The van der Waals surface area contributed by atoms with Gasteiger partial charge < -0.3 is 4.43 Å². The largest absolute Gasteiger partial charge is 0.402 e. The van der Waals surface area contributed by atoms with E-state index in [1.54, 1.807) is 0 Å². The van der Waals surface area contributed by atoms with Gasteiger partial charge in [-0.3, -0.25) is 0 Å². The van der Waals surface area contributed by atoms with Gasteiger partial charge in [0.2, 0.25) is 0 Å². The van der Waals surface area contributed by atoms with E-state index in [0.29, 0.717) is 0 Å². The lowest BCUT2D eigenvalue weighted by atomic mass is 10.4. The van der Waals surface area contributed by atoms with E-state index in [0.717, 1.165) is 25.9 Å². The molecule has 0 amide bonds. The molecule has 1 radical (unpaired) electrons. The summed E-state index contributed by atoms with van der Waals surface area (Å²) in [5.41, 5.74) is 0. The van der Waals surface area contributed by atoms with Gasteiger partial charge in [-0.1, -0.05) is 20.3 Å². The molecule has 0 bridgehead atoms. The molecule has 0 rings (SSSR count). The van der Waals surface area contributed by atoms with Crippen molar-refractivity contribution in [3.63, 3.8) is 0 Å². The minimum atomic E-state index is -1.25. The summed E-state index contributed by atoms with van der Waals surface area (Å²) < 4.78 is 5.34. The fourth-order valence-electron chi connectivity index (χ4n) is 0.657. The second-order valence-corrected chi connectivity index (χ2v) is 6.01. The standard InChI is InChI=1S/C7H15Cl2OSi/c1-3-5-7(8)11(9)10-6-4-2/h7H,3-6H2,1-2H3. The lowest BCUT2D eigenvalue weighted by Gasteiger charge is -2.12. The summed E-state index contributed by atoms with van der Waals surface area (Å²) in [5, 5.41) is 0.0539. The minimum Gasteiger partial charge on any atom is -0.402 e. The molecule has 0 aromatic rings. The van der Waals surface area contributed by atoms with E-state index >= 15 is 0 Å². The zero-order valence-electron chi connectivity index (χ0n) is 7.07. The van der Waals surface area contributed by atoms with Crippen LogP contribution in [0.4, 0.5) is 0 Å². The molecule has 0 aliphatic heterocycles. The van der Waals surface area contributed by atoms with Crippen molar-refractivity contribution in [1.29, 1.82) is 0 Å². The first-order valence-electron chi connectivity index (χ1n) is 4.01. The van der Waals surface area contributed by atoms with Gasteiger partial charge in [-0.05, 0) is 12.8 Å². The van der Waals surface area contributed by atoms with Gasteiger partial charge >= 0.3 is 8.35 Å². The summed E-state index contributed by atoms with van der Waals surface area (Å²) in [4.78, 5) is 0. The molecule has 0 saturated heterocycles. The molecular weight excluding hydrogens is 199 g/mol. The first kappa shape index (κ1) is 11.8. The second-order valence-electron chi connectivity index (χ2n) is 2.41. The average Bonchev–Trinajstić information content (AvgIpc) is 2.00. The van der Waals surface area contributed by atoms with Gasteiger partial charge in [0.25, 0.3) is 0 Å². The Morgan fingerprint density at radius 2 is 2.00 bits per heavy atom. The highest BCUT2D eigenvalue weighted by atomic mass is 35.6. The van der Waals surface area contributed by atoms with Crippen LogP contribution >= 0.6 is 22.7 Å². The first-order valence-corrected chi connectivity index (χ1v) is 6.95. The summed E-state index contributed by atoms with van der Waals surface area (Å²) in [6, 6.07) is 0. The minimum absolute atomic E-state index is 0.0539. The van der Waals surface area contributed by atoms with Crippen molar-refractivity contribution in [3.8, 4) is 0 Å². The quantitative estimate of drug-likeness (QED) is 0.375. The SMILES string of the molecule is CCCO[Si](Cl)C(Cl)CCC. The van der Waals surface area contributed by atoms with Crippen molar-refractivity contribution < 1.29 is 4.43 Å². The number of halogens is 2. The summed E-state index contributed by atoms with van der Waals surface area (Å²) in [6.45, 7) is 4.90. The second kappa shape index (κ2) is 7.41. The smallest absolute Gasteiger partial charge is 0.341 e. The van der Waals surface area contributed by atoms with Gasteiger partial charge in [-0.25, -0.2) is 0 Å². The number of alkyl halides is 1. The van der Waals surface area contributed by atoms with E-state index in [4.69, 9.17) is 27.1 Å². The lowest BCUT2D eigenvalue weighted by Crippen LogP contribution is -2.24. The summed E-state index contributed by atoms with van der Waals surface area (Å²) >= 11 is 11.9. The van der Waals surface area contributed by atoms with Crippen LogP contribution in [-0.2, 0) is 4.43 Å². The average molecular weight is 214 g/mol. The third kappa shape index (κ3) is 5.97. The van der Waals surface area contributed by atoms with E-state index in [-0.39, 0.29) is 5.00 Å². The molecule has 0 aromatic carbocycles. The van der Waals surface area contributed by atoms with Crippen LogP contribution < -0.4 is 0 Å². The molecular formula is C7H15Cl2OSi. The summed E-state index contributed by atoms with van der Waals surface area (Å²) in [5.74, 6) is 0. The molecule has 0 spiro atoms. The van der Waals surface area contributed by atoms with Crippen LogP contribution in [0.2, 0.25) is 0 Å². The fourth-order valence-corrected chi connectivity index (χ4v) is 2.72. The molecule has 67 valence electrons. The van der Waals surface area contributed by atoms with Crippen LogP contribution in [0.1, 0.15) is 33.1 Å². The van der Waals surface area contributed by atoms with Crippen molar-refractivity contribution in [2.75, 3.05) is 6.61 Å². The van der Waals surface area contributed by atoms with Crippen molar-refractivity contribution in [1.82, 2.24) is 0 Å². The van der Waals surface area contributed by atoms with Crippen molar-refractivity contribution in [2.45, 2.75) is 38.1 Å². The van der Waals surface area contributed by atoms with E-state index < -0.39 is 8.35 Å². The Hall–Kier alpha value is 0.757. The van der Waals surface area contributed by atoms with Crippen LogP contribution in [-0.4, -0.2) is 20.0 Å². The van der Waals surface area contributed by atoms with Gasteiger partial charge in [0, 0.05) is 6.61 Å².